The van der Waals surface area contributed by atoms with E-state index in [0.29, 0.717) is 12.3 Å². The van der Waals surface area contributed by atoms with Gasteiger partial charge in [-0.2, -0.15) is 4.99 Å². The van der Waals surface area contributed by atoms with E-state index in [4.69, 9.17) is 14.5 Å². The summed E-state index contributed by atoms with van der Waals surface area (Å²) in [5.41, 5.74) is 5.13. The molecule has 0 saturated carbocycles. The number of quaternary nitrogens is 1. The lowest BCUT2D eigenvalue weighted by Gasteiger charge is -2.47. The molecule has 6 rings (SSSR count). The van der Waals surface area contributed by atoms with Gasteiger partial charge in [0.25, 0.3) is 0 Å². The molecule has 5 nitrogen and oxygen atoms in total. The topological polar surface area (TPSA) is 51.0 Å². The molecule has 0 bridgehead atoms. The molecule has 0 fully saturated rings. The summed E-state index contributed by atoms with van der Waals surface area (Å²) in [6.07, 6.45) is 4.03. The van der Waals surface area contributed by atoms with Gasteiger partial charge in [0.15, 0.2) is 5.54 Å². The van der Waals surface area contributed by atoms with E-state index in [0.717, 1.165) is 33.7 Å². The third kappa shape index (κ3) is 3.79. The van der Waals surface area contributed by atoms with Crippen molar-refractivity contribution in [3.63, 3.8) is 0 Å². The largest absolute Gasteiger partial charge is 0.463 e. The van der Waals surface area contributed by atoms with Crippen molar-refractivity contribution in [2.24, 2.45) is 4.99 Å². The van der Waals surface area contributed by atoms with Crippen LogP contribution in [0.5, 0.6) is 5.75 Å². The van der Waals surface area contributed by atoms with Gasteiger partial charge in [0.1, 0.15) is 23.3 Å². The summed E-state index contributed by atoms with van der Waals surface area (Å²) < 4.78 is 12.4. The number of aliphatic hydroxyl groups excluding tert-OH is 1. The summed E-state index contributed by atoms with van der Waals surface area (Å²) >= 11 is 0. The van der Waals surface area contributed by atoms with Crippen LogP contribution in [0.3, 0.4) is 0 Å². The number of aliphatic hydroxyl groups is 1. The van der Waals surface area contributed by atoms with Gasteiger partial charge in [-0.1, -0.05) is 91.0 Å². The Labute approximate surface area is 223 Å². The monoisotopic (exact) mass is 503 g/mol. The molecule has 2 aliphatic rings. The Morgan fingerprint density at radius 2 is 1.37 bits per heavy atom. The Morgan fingerprint density at radius 3 is 1.87 bits per heavy atom. The molecule has 0 saturated heterocycles. The highest BCUT2D eigenvalue weighted by molar-refractivity contribution is 5.85. The van der Waals surface area contributed by atoms with Crippen LogP contribution in [-0.2, 0) is 16.9 Å². The maximum Gasteiger partial charge on any atom is 0.205 e. The summed E-state index contributed by atoms with van der Waals surface area (Å²) in [5, 5.41) is 10.2. The van der Waals surface area contributed by atoms with Crippen molar-refractivity contribution in [3.05, 3.63) is 143 Å². The summed E-state index contributed by atoms with van der Waals surface area (Å²) in [7, 11) is 0. The normalized spacial score (nSPS) is 19.9. The first-order chi connectivity index (χ1) is 18.5. The maximum atomic E-state index is 10.2. The fourth-order valence-corrected chi connectivity index (χ4v) is 5.80. The molecule has 0 amide bonds. The van der Waals surface area contributed by atoms with Crippen molar-refractivity contribution in [1.29, 1.82) is 0 Å². The minimum absolute atomic E-state index is 0.156. The number of rotatable bonds is 6. The number of benzene rings is 4. The molecule has 2 heterocycles. The first-order valence-corrected chi connectivity index (χ1v) is 12.9. The Hall–Kier alpha value is -4.03. The van der Waals surface area contributed by atoms with Crippen molar-refractivity contribution in [2.45, 2.75) is 31.8 Å². The van der Waals surface area contributed by atoms with Crippen LogP contribution in [-0.4, -0.2) is 23.8 Å². The van der Waals surface area contributed by atoms with Crippen molar-refractivity contribution in [3.8, 4) is 5.75 Å². The molecule has 2 aliphatic heterocycles. The standard InChI is InChI=1S/C33H31N2O3/c1-32(2)37-23-25-20-30(18-19-31(25)38-32)35(21-29(22-36)34-24-35)33(26-12-6-3-7-13-26,27-14-8-4-9-15-27)28-16-10-5-11-17-28/h3-21,24,36H,22-23H2,1-2H3/q+1. The summed E-state index contributed by atoms with van der Waals surface area (Å²) in [5.74, 6) is 0.136. The molecule has 5 heteroatoms. The number of nitrogens with zero attached hydrogens (tertiary/aromatic N) is 2. The molecule has 1 unspecified atom stereocenters. The van der Waals surface area contributed by atoms with Crippen LogP contribution < -0.4 is 9.22 Å². The highest BCUT2D eigenvalue weighted by atomic mass is 16.7. The third-order valence-electron chi connectivity index (χ3n) is 7.45. The molecular formula is C33H31N2O3+. The van der Waals surface area contributed by atoms with Gasteiger partial charge in [-0.15, -0.1) is 0 Å². The summed E-state index contributed by atoms with van der Waals surface area (Å²) in [6, 6.07) is 37.9. The smallest absolute Gasteiger partial charge is 0.205 e. The highest BCUT2D eigenvalue weighted by Crippen LogP contribution is 2.52. The van der Waals surface area contributed by atoms with E-state index in [1.165, 1.54) is 0 Å². The molecule has 0 aliphatic carbocycles. The van der Waals surface area contributed by atoms with Gasteiger partial charge in [-0.3, -0.25) is 0 Å². The highest BCUT2D eigenvalue weighted by Gasteiger charge is 2.57. The van der Waals surface area contributed by atoms with E-state index in [-0.39, 0.29) is 11.1 Å². The second-order valence-corrected chi connectivity index (χ2v) is 10.2. The van der Waals surface area contributed by atoms with Gasteiger partial charge in [-0.25, -0.2) is 4.48 Å². The van der Waals surface area contributed by atoms with E-state index >= 15 is 0 Å². The number of fused-ring (bicyclic) bond motifs is 1. The quantitative estimate of drug-likeness (QED) is 0.241. The number of ether oxygens (including phenoxy) is 2. The zero-order valence-electron chi connectivity index (χ0n) is 21.6. The molecule has 4 aromatic carbocycles. The van der Waals surface area contributed by atoms with Crippen molar-refractivity contribution >= 4 is 12.0 Å². The molecular weight excluding hydrogens is 472 g/mol. The molecule has 0 spiro atoms. The maximum absolute atomic E-state index is 10.2. The first kappa shape index (κ1) is 24.3. The van der Waals surface area contributed by atoms with Crippen molar-refractivity contribution in [2.75, 3.05) is 6.61 Å². The van der Waals surface area contributed by atoms with Gasteiger partial charge >= 0.3 is 0 Å². The fraction of sp³-hybridized carbons (Fsp3) is 0.182. The second-order valence-electron chi connectivity index (χ2n) is 10.2. The van der Waals surface area contributed by atoms with Gasteiger partial charge < -0.3 is 14.6 Å². The molecule has 4 aromatic rings. The second kappa shape index (κ2) is 9.37. The van der Waals surface area contributed by atoms with E-state index in [2.05, 4.69) is 91.1 Å². The van der Waals surface area contributed by atoms with Crippen LogP contribution in [0.15, 0.2) is 126 Å². The Balaban J connectivity index is 1.72. The minimum atomic E-state index is -0.756. The molecule has 1 atom stereocenters. The summed E-state index contributed by atoms with van der Waals surface area (Å²) in [6.45, 7) is 4.13. The SMILES string of the molecule is CC1(C)OCc2cc([N+]3(C(c4ccccc4)(c4ccccc4)c4ccccc4)C=NC(CO)=C3)ccc2O1. The van der Waals surface area contributed by atoms with Crippen LogP contribution in [0, 0.1) is 0 Å². The van der Waals surface area contributed by atoms with Crippen molar-refractivity contribution < 1.29 is 14.6 Å². The minimum Gasteiger partial charge on any atom is -0.463 e. The lowest BCUT2D eigenvalue weighted by molar-refractivity contribution is -0.180. The van der Waals surface area contributed by atoms with Gasteiger partial charge in [0, 0.05) is 48.2 Å². The predicted molar refractivity (Wildman–Crippen MR) is 151 cm³/mol. The van der Waals surface area contributed by atoms with Crippen LogP contribution in [0.4, 0.5) is 5.69 Å². The van der Waals surface area contributed by atoms with Crippen LogP contribution in [0.25, 0.3) is 0 Å². The van der Waals surface area contributed by atoms with E-state index in [1.807, 2.05) is 44.5 Å². The molecule has 190 valence electrons. The Bertz CT molecular complexity index is 1400. The van der Waals surface area contributed by atoms with Gasteiger partial charge in [-0.05, 0) is 6.07 Å². The first-order valence-electron chi connectivity index (χ1n) is 12.9. The van der Waals surface area contributed by atoms with Crippen LogP contribution in [0.2, 0.25) is 0 Å². The Kier molecular flexibility index (Phi) is 6.00. The van der Waals surface area contributed by atoms with Crippen LogP contribution in [0.1, 0.15) is 36.1 Å². The third-order valence-corrected chi connectivity index (χ3v) is 7.45. The predicted octanol–water partition coefficient (Wildman–Crippen LogP) is 6.51. The van der Waals surface area contributed by atoms with E-state index in [9.17, 15) is 5.11 Å². The van der Waals surface area contributed by atoms with E-state index < -0.39 is 11.3 Å². The lowest BCUT2D eigenvalue weighted by Crippen LogP contribution is -2.60. The van der Waals surface area contributed by atoms with E-state index in [1.54, 1.807) is 0 Å². The average Bonchev–Trinajstić information content (AvgIpc) is 3.40. The lowest BCUT2D eigenvalue weighted by atomic mass is 9.73. The molecule has 0 aromatic heterocycles. The molecule has 38 heavy (non-hydrogen) atoms. The Morgan fingerprint density at radius 1 is 0.816 bits per heavy atom. The van der Waals surface area contributed by atoms with Crippen LogP contribution >= 0.6 is 0 Å². The molecule has 1 N–H and O–H groups in total. The summed E-state index contributed by atoms with van der Waals surface area (Å²) in [4.78, 5) is 4.76. The van der Waals surface area contributed by atoms with Crippen molar-refractivity contribution in [1.82, 2.24) is 4.48 Å². The zero-order chi connectivity index (χ0) is 26.2. The number of hydrogen-bond acceptors (Lipinski definition) is 4. The zero-order valence-corrected chi connectivity index (χ0v) is 21.6. The van der Waals surface area contributed by atoms with Gasteiger partial charge in [0.05, 0.1) is 13.2 Å². The average molecular weight is 504 g/mol. The fourth-order valence-electron chi connectivity index (χ4n) is 5.80. The molecule has 0 radical (unpaired) electrons. The van der Waals surface area contributed by atoms with Gasteiger partial charge in [0.2, 0.25) is 12.1 Å². The number of hydrogen-bond donors (Lipinski definition) is 1. The number of aliphatic imine (C=N–C) groups is 1.